The normalized spacial score (nSPS) is 17.0. The number of nitrogen functional groups attached to an aromatic ring is 1. The molecule has 1 aromatic rings. The molecule has 3 N–H and O–H groups in total. The van der Waals surface area contributed by atoms with Crippen LogP contribution in [0.15, 0.2) is 18.2 Å². The second-order valence-corrected chi connectivity index (χ2v) is 7.33. The maximum atomic E-state index is 12.2. The Bertz CT molecular complexity index is 570. The molecule has 0 saturated carbocycles. The first-order valence-corrected chi connectivity index (χ1v) is 8.17. The van der Waals surface area contributed by atoms with Gasteiger partial charge in [0.25, 0.3) is 0 Å². The van der Waals surface area contributed by atoms with E-state index >= 15 is 0 Å². The van der Waals surface area contributed by atoms with Crippen LogP contribution in [0.3, 0.4) is 0 Å². The first kappa shape index (κ1) is 17.5. The molecule has 0 atom stereocenters. The molecular formula is C18H27N3O2. The van der Waals surface area contributed by atoms with E-state index in [1.54, 1.807) is 6.07 Å². The zero-order chi connectivity index (χ0) is 17.0. The second kappa shape index (κ2) is 7.13. The fourth-order valence-corrected chi connectivity index (χ4v) is 2.98. The molecule has 126 valence electrons. The SMILES string of the molecule is CC(C)(C)NC(=O)C1CCN(Cc2cccc(N)c2C=O)CC1. The minimum atomic E-state index is -0.186. The maximum absolute atomic E-state index is 12.2. The number of aldehydes is 1. The van der Waals surface area contributed by atoms with Crippen LogP contribution in [0, 0.1) is 5.92 Å². The lowest BCUT2D eigenvalue weighted by Crippen LogP contribution is -2.46. The molecule has 5 nitrogen and oxygen atoms in total. The summed E-state index contributed by atoms with van der Waals surface area (Å²) in [5.41, 5.74) is 7.73. The van der Waals surface area contributed by atoms with E-state index in [4.69, 9.17) is 5.73 Å². The summed E-state index contributed by atoms with van der Waals surface area (Å²) in [6, 6.07) is 5.57. The number of anilines is 1. The summed E-state index contributed by atoms with van der Waals surface area (Å²) in [4.78, 5) is 25.7. The fraction of sp³-hybridized carbons (Fsp3) is 0.556. The molecule has 0 aliphatic carbocycles. The van der Waals surface area contributed by atoms with Gasteiger partial charge in [-0.05, 0) is 58.3 Å². The molecule has 1 heterocycles. The number of nitrogens with zero attached hydrogens (tertiary/aromatic N) is 1. The molecule has 0 bridgehead atoms. The molecule has 5 heteroatoms. The van der Waals surface area contributed by atoms with Crippen molar-refractivity contribution in [1.82, 2.24) is 10.2 Å². The lowest BCUT2D eigenvalue weighted by Gasteiger charge is -2.33. The van der Waals surface area contributed by atoms with Crippen LogP contribution >= 0.6 is 0 Å². The molecule has 1 aliphatic heterocycles. The van der Waals surface area contributed by atoms with E-state index in [1.165, 1.54) is 0 Å². The third kappa shape index (κ3) is 4.79. The molecule has 1 saturated heterocycles. The van der Waals surface area contributed by atoms with Crippen molar-refractivity contribution in [2.45, 2.75) is 45.7 Å². The Balaban J connectivity index is 1.92. The van der Waals surface area contributed by atoms with Gasteiger partial charge in [0.2, 0.25) is 5.91 Å². The smallest absolute Gasteiger partial charge is 0.223 e. The zero-order valence-corrected chi connectivity index (χ0v) is 14.3. The first-order valence-electron chi connectivity index (χ1n) is 8.17. The number of nitrogens with two attached hydrogens (primary N) is 1. The van der Waals surface area contributed by atoms with Gasteiger partial charge in [-0.1, -0.05) is 12.1 Å². The third-order valence-corrected chi connectivity index (χ3v) is 4.20. The number of piperidine rings is 1. The monoisotopic (exact) mass is 317 g/mol. The number of hydrogen-bond acceptors (Lipinski definition) is 4. The number of nitrogens with one attached hydrogen (secondary N) is 1. The Morgan fingerprint density at radius 2 is 2.00 bits per heavy atom. The third-order valence-electron chi connectivity index (χ3n) is 4.20. The summed E-state index contributed by atoms with van der Waals surface area (Å²) in [6.07, 6.45) is 2.52. The minimum absolute atomic E-state index is 0.0804. The average molecular weight is 317 g/mol. The summed E-state index contributed by atoms with van der Waals surface area (Å²) in [5.74, 6) is 0.228. The summed E-state index contributed by atoms with van der Waals surface area (Å²) in [7, 11) is 0. The Kier molecular flexibility index (Phi) is 5.42. The molecule has 0 radical (unpaired) electrons. The highest BCUT2D eigenvalue weighted by atomic mass is 16.2. The number of likely N-dealkylation sites (tertiary alicyclic amines) is 1. The number of hydrogen-bond donors (Lipinski definition) is 2. The molecule has 2 rings (SSSR count). The molecule has 0 aromatic heterocycles. The number of rotatable bonds is 4. The predicted molar refractivity (Wildman–Crippen MR) is 92.1 cm³/mol. The van der Waals surface area contributed by atoms with Gasteiger partial charge in [-0.25, -0.2) is 0 Å². The number of carbonyl (C=O) groups is 2. The summed E-state index contributed by atoms with van der Waals surface area (Å²) in [6.45, 7) is 8.42. The summed E-state index contributed by atoms with van der Waals surface area (Å²) >= 11 is 0. The molecule has 1 aromatic carbocycles. The van der Waals surface area contributed by atoms with Crippen molar-refractivity contribution in [2.24, 2.45) is 5.92 Å². The van der Waals surface area contributed by atoms with Crippen LogP contribution in [-0.2, 0) is 11.3 Å². The Hall–Kier alpha value is -1.88. The van der Waals surface area contributed by atoms with Gasteiger partial charge in [0.1, 0.15) is 0 Å². The topological polar surface area (TPSA) is 75.4 Å². The highest BCUT2D eigenvalue weighted by Gasteiger charge is 2.27. The molecule has 1 aliphatic rings. The van der Waals surface area contributed by atoms with Gasteiger partial charge in [0, 0.05) is 29.3 Å². The number of amides is 1. The summed E-state index contributed by atoms with van der Waals surface area (Å²) < 4.78 is 0. The van der Waals surface area contributed by atoms with Crippen LogP contribution in [0.5, 0.6) is 0 Å². The van der Waals surface area contributed by atoms with Crippen LogP contribution in [0.25, 0.3) is 0 Å². The van der Waals surface area contributed by atoms with E-state index < -0.39 is 0 Å². The zero-order valence-electron chi connectivity index (χ0n) is 14.3. The van der Waals surface area contributed by atoms with Crippen LogP contribution < -0.4 is 11.1 Å². The van der Waals surface area contributed by atoms with Gasteiger partial charge in [0.05, 0.1) is 0 Å². The van der Waals surface area contributed by atoms with E-state index in [2.05, 4.69) is 10.2 Å². The lowest BCUT2D eigenvalue weighted by atomic mass is 9.94. The van der Waals surface area contributed by atoms with Gasteiger partial charge in [-0.15, -0.1) is 0 Å². The average Bonchev–Trinajstić information content (AvgIpc) is 2.46. The standard InChI is InChI=1S/C18H27N3O2/c1-18(2,3)20-17(23)13-7-9-21(10-8-13)11-14-5-4-6-16(19)15(14)12-22/h4-6,12-13H,7-11,19H2,1-3H3,(H,20,23). The molecule has 1 fully saturated rings. The van der Waals surface area contributed by atoms with Crippen LogP contribution in [0.2, 0.25) is 0 Å². The van der Waals surface area contributed by atoms with Crippen LogP contribution in [-0.4, -0.2) is 35.7 Å². The maximum Gasteiger partial charge on any atom is 0.223 e. The van der Waals surface area contributed by atoms with Crippen molar-refractivity contribution in [1.29, 1.82) is 0 Å². The van der Waals surface area contributed by atoms with Gasteiger partial charge >= 0.3 is 0 Å². The van der Waals surface area contributed by atoms with Gasteiger partial charge < -0.3 is 11.1 Å². The van der Waals surface area contributed by atoms with E-state index in [-0.39, 0.29) is 17.4 Å². The van der Waals surface area contributed by atoms with E-state index in [9.17, 15) is 9.59 Å². The van der Waals surface area contributed by atoms with E-state index in [0.717, 1.165) is 37.8 Å². The van der Waals surface area contributed by atoms with Crippen molar-refractivity contribution < 1.29 is 9.59 Å². The van der Waals surface area contributed by atoms with Crippen molar-refractivity contribution in [3.63, 3.8) is 0 Å². The van der Waals surface area contributed by atoms with Crippen molar-refractivity contribution >= 4 is 17.9 Å². The Morgan fingerprint density at radius 1 is 1.35 bits per heavy atom. The van der Waals surface area contributed by atoms with Crippen molar-refractivity contribution in [3.05, 3.63) is 29.3 Å². The van der Waals surface area contributed by atoms with Gasteiger partial charge in [0.15, 0.2) is 6.29 Å². The van der Waals surface area contributed by atoms with Crippen molar-refractivity contribution in [3.8, 4) is 0 Å². The predicted octanol–water partition coefficient (Wildman–Crippen LogP) is 2.21. The largest absolute Gasteiger partial charge is 0.398 e. The van der Waals surface area contributed by atoms with Crippen molar-refractivity contribution in [2.75, 3.05) is 18.8 Å². The summed E-state index contributed by atoms with van der Waals surface area (Å²) in [5, 5.41) is 3.06. The first-order chi connectivity index (χ1) is 10.8. The number of benzene rings is 1. The number of carbonyl (C=O) groups excluding carboxylic acids is 2. The van der Waals surface area contributed by atoms with E-state index in [1.807, 2.05) is 32.9 Å². The highest BCUT2D eigenvalue weighted by molar-refractivity contribution is 5.85. The fourth-order valence-electron chi connectivity index (χ4n) is 2.98. The van der Waals surface area contributed by atoms with Crippen LogP contribution in [0.4, 0.5) is 5.69 Å². The van der Waals surface area contributed by atoms with Crippen LogP contribution in [0.1, 0.15) is 49.5 Å². The second-order valence-electron chi connectivity index (χ2n) is 7.33. The Labute approximate surface area is 138 Å². The van der Waals surface area contributed by atoms with Gasteiger partial charge in [-0.2, -0.15) is 0 Å². The quantitative estimate of drug-likeness (QED) is 0.659. The minimum Gasteiger partial charge on any atom is -0.398 e. The highest BCUT2D eigenvalue weighted by Crippen LogP contribution is 2.22. The molecule has 23 heavy (non-hydrogen) atoms. The lowest BCUT2D eigenvalue weighted by molar-refractivity contribution is -0.127. The molecular weight excluding hydrogens is 290 g/mol. The Morgan fingerprint density at radius 3 is 2.57 bits per heavy atom. The molecule has 0 spiro atoms. The van der Waals surface area contributed by atoms with Gasteiger partial charge in [-0.3, -0.25) is 14.5 Å². The molecule has 1 amide bonds. The molecule has 0 unspecified atom stereocenters. The van der Waals surface area contributed by atoms with E-state index in [0.29, 0.717) is 17.8 Å².